The van der Waals surface area contributed by atoms with Crippen LogP contribution >= 0.6 is 0 Å². The molecule has 1 amide bonds. The third-order valence-electron chi connectivity index (χ3n) is 6.67. The highest BCUT2D eigenvalue weighted by Gasteiger charge is 2.45. The number of Topliss-reactive ketones (excluding diaryl/α,β-unsaturated/α-hetero) is 1. The molecule has 7 heteroatoms. The Bertz CT molecular complexity index is 1100. The van der Waals surface area contributed by atoms with Gasteiger partial charge < -0.3 is 19.5 Å². The number of hydrogen-bond donors (Lipinski definition) is 1. The van der Waals surface area contributed by atoms with Crippen molar-refractivity contribution in [2.75, 3.05) is 46.0 Å². The number of ketones is 1. The van der Waals surface area contributed by atoms with Crippen LogP contribution in [0.1, 0.15) is 41.6 Å². The van der Waals surface area contributed by atoms with E-state index in [0.29, 0.717) is 24.5 Å². The molecule has 0 unspecified atom stereocenters. The molecular weight excluding hydrogens is 444 g/mol. The van der Waals surface area contributed by atoms with Gasteiger partial charge in [0.15, 0.2) is 0 Å². The van der Waals surface area contributed by atoms with E-state index in [1.165, 1.54) is 0 Å². The Morgan fingerprint density at radius 1 is 1.06 bits per heavy atom. The van der Waals surface area contributed by atoms with Gasteiger partial charge in [-0.15, -0.1) is 0 Å². The highest BCUT2D eigenvalue weighted by molar-refractivity contribution is 6.46. The van der Waals surface area contributed by atoms with Gasteiger partial charge in [-0.1, -0.05) is 29.8 Å². The molecule has 0 bridgehead atoms. The molecule has 4 rings (SSSR count). The van der Waals surface area contributed by atoms with Crippen molar-refractivity contribution in [3.05, 3.63) is 70.3 Å². The average Bonchev–Trinajstić information content (AvgIpc) is 3.10. The van der Waals surface area contributed by atoms with E-state index in [9.17, 15) is 14.7 Å². The molecule has 2 fully saturated rings. The molecule has 0 aliphatic carbocycles. The van der Waals surface area contributed by atoms with E-state index in [1.54, 1.807) is 17.0 Å². The van der Waals surface area contributed by atoms with Crippen LogP contribution in [0.5, 0.6) is 5.75 Å². The van der Waals surface area contributed by atoms with Crippen molar-refractivity contribution < 1.29 is 24.2 Å². The standard InChI is InChI=1S/C28H34N2O5/c1-4-35-22-10-11-23(20(3)18-22)26(31)24-25(21-8-6-19(2)7-9-21)30(28(33)27(24)32)13-5-12-29-14-16-34-17-15-29/h6-11,18,25,31H,4-5,12-17H2,1-3H3/t25-/m1/s1. The zero-order chi connectivity index (χ0) is 24.9. The summed E-state index contributed by atoms with van der Waals surface area (Å²) >= 11 is 0. The van der Waals surface area contributed by atoms with Crippen LogP contribution in [0.3, 0.4) is 0 Å². The molecule has 2 aromatic rings. The second-order valence-corrected chi connectivity index (χ2v) is 9.12. The van der Waals surface area contributed by atoms with Crippen LogP contribution in [0.25, 0.3) is 5.76 Å². The summed E-state index contributed by atoms with van der Waals surface area (Å²) in [5.74, 6) is -0.666. The number of likely N-dealkylation sites (tertiary alicyclic amines) is 1. The average molecular weight is 479 g/mol. The van der Waals surface area contributed by atoms with Crippen molar-refractivity contribution in [3.63, 3.8) is 0 Å². The number of aliphatic hydroxyl groups excluding tert-OH is 1. The number of ether oxygens (including phenoxy) is 2. The lowest BCUT2D eigenvalue weighted by Gasteiger charge is -2.29. The number of morpholine rings is 1. The first-order valence-corrected chi connectivity index (χ1v) is 12.3. The fourth-order valence-electron chi connectivity index (χ4n) is 4.80. The van der Waals surface area contributed by atoms with E-state index in [1.807, 2.05) is 51.1 Å². The number of benzene rings is 2. The quantitative estimate of drug-likeness (QED) is 0.353. The number of rotatable bonds is 8. The van der Waals surface area contributed by atoms with Crippen LogP contribution in [0.4, 0.5) is 0 Å². The molecule has 0 radical (unpaired) electrons. The molecule has 0 saturated carbocycles. The first-order chi connectivity index (χ1) is 16.9. The van der Waals surface area contributed by atoms with Crippen LogP contribution in [0, 0.1) is 13.8 Å². The summed E-state index contributed by atoms with van der Waals surface area (Å²) in [5.41, 5.74) is 3.33. The molecule has 35 heavy (non-hydrogen) atoms. The number of hydrogen-bond acceptors (Lipinski definition) is 6. The van der Waals surface area contributed by atoms with Crippen molar-refractivity contribution in [2.45, 2.75) is 33.2 Å². The largest absolute Gasteiger partial charge is 0.507 e. The summed E-state index contributed by atoms with van der Waals surface area (Å²) < 4.78 is 11.0. The van der Waals surface area contributed by atoms with Gasteiger partial charge in [-0.3, -0.25) is 14.5 Å². The molecule has 0 spiro atoms. The molecule has 2 saturated heterocycles. The molecule has 186 valence electrons. The first-order valence-electron chi connectivity index (χ1n) is 12.3. The van der Waals surface area contributed by atoms with Crippen molar-refractivity contribution in [3.8, 4) is 5.75 Å². The van der Waals surface area contributed by atoms with Crippen LogP contribution in [0.2, 0.25) is 0 Å². The normalized spacial score (nSPS) is 20.4. The number of aryl methyl sites for hydroxylation is 2. The summed E-state index contributed by atoms with van der Waals surface area (Å²) in [7, 11) is 0. The molecule has 0 aromatic heterocycles. The summed E-state index contributed by atoms with van der Waals surface area (Å²) in [6, 6.07) is 12.5. The van der Waals surface area contributed by atoms with Gasteiger partial charge in [0.25, 0.3) is 11.7 Å². The number of aliphatic hydroxyl groups is 1. The fourth-order valence-corrected chi connectivity index (χ4v) is 4.80. The van der Waals surface area contributed by atoms with Gasteiger partial charge in [-0.25, -0.2) is 0 Å². The minimum absolute atomic E-state index is 0.137. The van der Waals surface area contributed by atoms with Crippen molar-refractivity contribution in [1.82, 2.24) is 9.80 Å². The monoisotopic (exact) mass is 478 g/mol. The maximum absolute atomic E-state index is 13.3. The summed E-state index contributed by atoms with van der Waals surface area (Å²) in [4.78, 5) is 30.4. The molecule has 1 atom stereocenters. The molecule has 2 heterocycles. The molecular formula is C28H34N2O5. The summed E-state index contributed by atoms with van der Waals surface area (Å²) in [6.45, 7) is 10.7. The highest BCUT2D eigenvalue weighted by atomic mass is 16.5. The topological polar surface area (TPSA) is 79.3 Å². The number of amides is 1. The number of carbonyl (C=O) groups is 2. The summed E-state index contributed by atoms with van der Waals surface area (Å²) in [5, 5.41) is 11.4. The highest BCUT2D eigenvalue weighted by Crippen LogP contribution is 2.40. The van der Waals surface area contributed by atoms with Gasteiger partial charge in [0, 0.05) is 31.7 Å². The van der Waals surface area contributed by atoms with Gasteiger partial charge in [-0.05, 0) is 56.5 Å². The van der Waals surface area contributed by atoms with Gasteiger partial charge in [-0.2, -0.15) is 0 Å². The van der Waals surface area contributed by atoms with Crippen molar-refractivity contribution in [1.29, 1.82) is 0 Å². The minimum atomic E-state index is -0.646. The maximum atomic E-state index is 13.3. The SMILES string of the molecule is CCOc1ccc(C(O)=C2C(=O)C(=O)N(CCCN3CCOCC3)[C@@H]2c2ccc(C)cc2)c(C)c1. The third kappa shape index (κ3) is 5.41. The summed E-state index contributed by atoms with van der Waals surface area (Å²) in [6.07, 6.45) is 0.734. The Hall–Kier alpha value is -3.16. The molecule has 1 N–H and O–H groups in total. The Balaban J connectivity index is 1.68. The van der Waals surface area contributed by atoms with Crippen molar-refractivity contribution in [2.24, 2.45) is 0 Å². The second kappa shape index (κ2) is 11.1. The zero-order valence-electron chi connectivity index (χ0n) is 20.8. The molecule has 2 aliphatic heterocycles. The van der Waals surface area contributed by atoms with Gasteiger partial charge >= 0.3 is 0 Å². The number of carbonyl (C=O) groups excluding carboxylic acids is 2. The molecule has 2 aliphatic rings. The van der Waals surface area contributed by atoms with Gasteiger partial charge in [0.05, 0.1) is 31.4 Å². The minimum Gasteiger partial charge on any atom is -0.507 e. The zero-order valence-corrected chi connectivity index (χ0v) is 20.8. The van der Waals surface area contributed by atoms with E-state index in [2.05, 4.69) is 4.90 Å². The molecule has 2 aromatic carbocycles. The van der Waals surface area contributed by atoms with E-state index in [0.717, 1.165) is 56.0 Å². The smallest absolute Gasteiger partial charge is 0.295 e. The fraction of sp³-hybridized carbons (Fsp3) is 0.429. The van der Waals surface area contributed by atoms with Crippen LogP contribution in [-0.4, -0.2) is 72.6 Å². The lowest BCUT2D eigenvalue weighted by molar-refractivity contribution is -0.140. The van der Waals surface area contributed by atoms with E-state index in [-0.39, 0.29) is 11.3 Å². The van der Waals surface area contributed by atoms with Gasteiger partial charge in [0.2, 0.25) is 0 Å². The van der Waals surface area contributed by atoms with E-state index in [4.69, 9.17) is 9.47 Å². The molecule has 7 nitrogen and oxygen atoms in total. The number of nitrogens with zero attached hydrogens (tertiary/aromatic N) is 2. The second-order valence-electron chi connectivity index (χ2n) is 9.12. The van der Waals surface area contributed by atoms with E-state index < -0.39 is 17.7 Å². The Morgan fingerprint density at radius 3 is 2.43 bits per heavy atom. The van der Waals surface area contributed by atoms with Gasteiger partial charge in [0.1, 0.15) is 11.5 Å². The van der Waals surface area contributed by atoms with Crippen LogP contribution < -0.4 is 4.74 Å². The predicted molar refractivity (Wildman–Crippen MR) is 134 cm³/mol. The Labute approximate surface area is 206 Å². The van der Waals surface area contributed by atoms with Crippen LogP contribution in [-0.2, 0) is 14.3 Å². The third-order valence-corrected chi connectivity index (χ3v) is 6.67. The lowest BCUT2D eigenvalue weighted by Crippen LogP contribution is -2.38. The Morgan fingerprint density at radius 2 is 1.77 bits per heavy atom. The van der Waals surface area contributed by atoms with Crippen LogP contribution in [0.15, 0.2) is 48.0 Å². The first kappa shape index (κ1) is 24.9. The van der Waals surface area contributed by atoms with E-state index >= 15 is 0 Å². The maximum Gasteiger partial charge on any atom is 0.295 e. The van der Waals surface area contributed by atoms with Crippen molar-refractivity contribution >= 4 is 17.4 Å². The Kier molecular flexibility index (Phi) is 7.88. The lowest BCUT2D eigenvalue weighted by atomic mass is 9.93. The predicted octanol–water partition coefficient (Wildman–Crippen LogP) is 3.85.